The minimum atomic E-state index is 0.0378. The van der Waals surface area contributed by atoms with Gasteiger partial charge in [0.15, 0.2) is 0 Å². The summed E-state index contributed by atoms with van der Waals surface area (Å²) >= 11 is 3.61. The van der Waals surface area contributed by atoms with Crippen LogP contribution in [0.2, 0.25) is 0 Å². The molecule has 2 aliphatic heterocycles. The lowest BCUT2D eigenvalue weighted by Crippen LogP contribution is -2.40. The van der Waals surface area contributed by atoms with E-state index in [1.807, 2.05) is 6.07 Å². The monoisotopic (exact) mass is 464 g/mol. The molecule has 3 heterocycles. The number of ether oxygens (including phenoxy) is 1. The number of nitrogens with one attached hydrogen (secondary N) is 2. The molecule has 3 aliphatic rings. The number of likely N-dealkylation sites (tertiary alicyclic amines) is 1. The molecule has 1 aromatic heterocycles. The van der Waals surface area contributed by atoms with Crippen LogP contribution in [0, 0.1) is 11.8 Å². The van der Waals surface area contributed by atoms with Crippen LogP contribution < -0.4 is 10.1 Å². The van der Waals surface area contributed by atoms with E-state index in [0.29, 0.717) is 6.04 Å². The van der Waals surface area contributed by atoms with Crippen LogP contribution in [-0.2, 0) is 6.42 Å². The van der Waals surface area contributed by atoms with Crippen molar-refractivity contribution in [1.82, 2.24) is 20.4 Å². The Hall–Kier alpha value is -2.15. The van der Waals surface area contributed by atoms with Crippen LogP contribution in [0.3, 0.4) is 0 Å². The molecule has 2 fully saturated rings. The third-order valence-corrected chi connectivity index (χ3v) is 7.51. The number of hydrogen-bond acceptors (Lipinski definition) is 4. The Morgan fingerprint density at radius 1 is 1.03 bits per heavy atom. The summed E-state index contributed by atoms with van der Waals surface area (Å²) in [7, 11) is 0. The first-order valence-electron chi connectivity index (χ1n) is 10.7. The highest BCUT2D eigenvalue weighted by molar-refractivity contribution is 9.10. The summed E-state index contributed by atoms with van der Waals surface area (Å²) in [6, 6.07) is 17.4. The van der Waals surface area contributed by atoms with E-state index >= 15 is 0 Å². The summed E-state index contributed by atoms with van der Waals surface area (Å²) in [5.41, 5.74) is 4.75. The molecular formula is C24H25BrN4O. The van der Waals surface area contributed by atoms with Crippen molar-refractivity contribution in [2.45, 2.75) is 18.6 Å². The zero-order valence-electron chi connectivity index (χ0n) is 16.7. The van der Waals surface area contributed by atoms with Gasteiger partial charge in [0.1, 0.15) is 11.9 Å². The fourth-order valence-corrected chi connectivity index (χ4v) is 5.88. The Morgan fingerprint density at radius 2 is 1.87 bits per heavy atom. The standard InChI is InChI=1S/C24H25BrN4O/c25-18-5-6-23(20(10-18)21-7-8-27-28-21)30-24-19-4-2-1-3-15(19)9-22(24)29-13-16-11-26-12-17(16)14-29/h1-8,10,16-17,22,24,26H,9,11-14H2,(H,27,28)/t16-,17+,22-,24-/m1/s1. The quantitative estimate of drug-likeness (QED) is 0.611. The molecule has 6 rings (SSSR count). The van der Waals surface area contributed by atoms with Gasteiger partial charge in [0.05, 0.1) is 11.7 Å². The topological polar surface area (TPSA) is 53.2 Å². The molecule has 0 bridgehead atoms. The summed E-state index contributed by atoms with van der Waals surface area (Å²) in [6.45, 7) is 4.65. The zero-order valence-corrected chi connectivity index (χ0v) is 18.3. The third kappa shape index (κ3) is 3.18. The van der Waals surface area contributed by atoms with Crippen molar-refractivity contribution in [3.8, 4) is 17.0 Å². The zero-order chi connectivity index (χ0) is 20.1. The van der Waals surface area contributed by atoms with Crippen molar-refractivity contribution in [2.24, 2.45) is 11.8 Å². The molecule has 5 nitrogen and oxygen atoms in total. The van der Waals surface area contributed by atoms with Crippen LogP contribution in [0.5, 0.6) is 5.75 Å². The predicted octanol–water partition coefficient (Wildman–Crippen LogP) is 4.04. The molecule has 2 aromatic carbocycles. The second-order valence-electron chi connectivity index (χ2n) is 8.75. The highest BCUT2D eigenvalue weighted by Crippen LogP contribution is 2.43. The molecule has 0 spiro atoms. The van der Waals surface area contributed by atoms with Gasteiger partial charge in [-0.3, -0.25) is 10.00 Å². The fourth-order valence-electron chi connectivity index (χ4n) is 5.52. The van der Waals surface area contributed by atoms with E-state index in [1.54, 1.807) is 6.20 Å². The van der Waals surface area contributed by atoms with Gasteiger partial charge in [0, 0.05) is 29.3 Å². The Balaban J connectivity index is 1.35. The van der Waals surface area contributed by atoms with Crippen molar-refractivity contribution >= 4 is 15.9 Å². The maximum Gasteiger partial charge on any atom is 0.140 e. The second-order valence-corrected chi connectivity index (χ2v) is 9.67. The van der Waals surface area contributed by atoms with Gasteiger partial charge in [0.25, 0.3) is 0 Å². The number of H-pyrrole nitrogens is 1. The van der Waals surface area contributed by atoms with Gasteiger partial charge in [-0.25, -0.2) is 0 Å². The van der Waals surface area contributed by atoms with E-state index in [2.05, 4.69) is 78.8 Å². The van der Waals surface area contributed by atoms with E-state index in [9.17, 15) is 0 Å². The summed E-state index contributed by atoms with van der Waals surface area (Å²) in [4.78, 5) is 2.69. The molecule has 0 radical (unpaired) electrons. The van der Waals surface area contributed by atoms with Crippen LogP contribution in [0.4, 0.5) is 0 Å². The molecule has 0 unspecified atom stereocenters. The lowest BCUT2D eigenvalue weighted by atomic mass is 10.0. The first kappa shape index (κ1) is 18.6. The van der Waals surface area contributed by atoms with E-state index in [-0.39, 0.29) is 6.10 Å². The molecule has 4 atom stereocenters. The van der Waals surface area contributed by atoms with Gasteiger partial charge in [-0.05, 0) is 66.7 Å². The van der Waals surface area contributed by atoms with Crippen molar-refractivity contribution in [2.75, 3.05) is 26.2 Å². The normalized spacial score (nSPS) is 27.9. The number of aromatic nitrogens is 2. The molecule has 0 amide bonds. The number of benzene rings is 2. The van der Waals surface area contributed by atoms with Crippen molar-refractivity contribution in [1.29, 1.82) is 0 Å². The maximum absolute atomic E-state index is 6.83. The van der Waals surface area contributed by atoms with Crippen LogP contribution in [-0.4, -0.2) is 47.3 Å². The number of hydrogen-bond donors (Lipinski definition) is 2. The smallest absolute Gasteiger partial charge is 0.140 e. The fraction of sp³-hybridized carbons (Fsp3) is 0.375. The van der Waals surface area contributed by atoms with Gasteiger partial charge < -0.3 is 10.1 Å². The van der Waals surface area contributed by atoms with Gasteiger partial charge in [0.2, 0.25) is 0 Å². The summed E-state index contributed by atoms with van der Waals surface area (Å²) < 4.78 is 7.86. The largest absolute Gasteiger partial charge is 0.483 e. The van der Waals surface area contributed by atoms with Gasteiger partial charge in [-0.15, -0.1) is 0 Å². The second kappa shape index (κ2) is 7.52. The molecule has 0 saturated carbocycles. The molecular weight excluding hydrogens is 440 g/mol. The average molecular weight is 465 g/mol. The Morgan fingerprint density at radius 3 is 2.67 bits per heavy atom. The number of rotatable bonds is 4. The summed E-state index contributed by atoms with van der Waals surface area (Å²) in [5.74, 6) is 2.46. The third-order valence-electron chi connectivity index (χ3n) is 7.01. The molecule has 3 aromatic rings. The summed E-state index contributed by atoms with van der Waals surface area (Å²) in [5, 5.41) is 10.8. The van der Waals surface area contributed by atoms with Crippen LogP contribution in [0.15, 0.2) is 59.2 Å². The molecule has 2 saturated heterocycles. The minimum Gasteiger partial charge on any atom is -0.483 e. The van der Waals surface area contributed by atoms with E-state index in [1.165, 1.54) is 24.2 Å². The molecule has 154 valence electrons. The number of fused-ring (bicyclic) bond motifs is 2. The number of aromatic amines is 1. The lowest BCUT2D eigenvalue weighted by molar-refractivity contribution is 0.0894. The first-order valence-corrected chi connectivity index (χ1v) is 11.5. The minimum absolute atomic E-state index is 0.0378. The number of halogens is 1. The molecule has 1 aliphatic carbocycles. The molecule has 6 heteroatoms. The van der Waals surface area contributed by atoms with E-state index < -0.39 is 0 Å². The summed E-state index contributed by atoms with van der Waals surface area (Å²) in [6.07, 6.45) is 2.88. The first-order chi connectivity index (χ1) is 14.8. The lowest BCUT2D eigenvalue weighted by Gasteiger charge is -2.31. The van der Waals surface area contributed by atoms with Crippen molar-refractivity contribution in [3.63, 3.8) is 0 Å². The maximum atomic E-state index is 6.83. The average Bonchev–Trinajstić information content (AvgIpc) is 3.53. The highest BCUT2D eigenvalue weighted by Gasteiger charge is 2.45. The van der Waals surface area contributed by atoms with Crippen molar-refractivity contribution < 1.29 is 4.74 Å². The number of nitrogens with zero attached hydrogens (tertiary/aromatic N) is 2. The van der Waals surface area contributed by atoms with Crippen LogP contribution in [0.25, 0.3) is 11.3 Å². The molecule has 30 heavy (non-hydrogen) atoms. The van der Waals surface area contributed by atoms with E-state index in [4.69, 9.17) is 4.74 Å². The highest BCUT2D eigenvalue weighted by atomic mass is 79.9. The Kier molecular flexibility index (Phi) is 4.66. The van der Waals surface area contributed by atoms with E-state index in [0.717, 1.165) is 52.8 Å². The van der Waals surface area contributed by atoms with Crippen LogP contribution in [0.1, 0.15) is 17.2 Å². The Labute approximate surface area is 185 Å². The molecule has 2 N–H and O–H groups in total. The Bertz CT molecular complexity index is 1040. The van der Waals surface area contributed by atoms with Gasteiger partial charge in [-0.2, -0.15) is 5.10 Å². The SMILES string of the molecule is Brc1ccc(O[C@@H]2c3ccccc3C[C@H]2N2C[C@H]3CNC[C@H]3C2)c(-c2ccn[nH]2)c1. The van der Waals surface area contributed by atoms with Crippen molar-refractivity contribution in [3.05, 3.63) is 70.3 Å². The predicted molar refractivity (Wildman–Crippen MR) is 120 cm³/mol. The van der Waals surface area contributed by atoms with Gasteiger partial charge in [-0.1, -0.05) is 40.2 Å². The van der Waals surface area contributed by atoms with Gasteiger partial charge >= 0.3 is 0 Å². The van der Waals surface area contributed by atoms with Crippen LogP contribution >= 0.6 is 15.9 Å².